The number of hydrogen-bond acceptors (Lipinski definition) is 2. The van der Waals surface area contributed by atoms with E-state index in [1.54, 1.807) is 0 Å². The van der Waals surface area contributed by atoms with Gasteiger partial charge in [-0.1, -0.05) is 34.6 Å². The minimum Gasteiger partial charge on any atom is -0.466 e. The zero-order valence-electron chi connectivity index (χ0n) is 9.48. The predicted molar refractivity (Wildman–Crippen MR) is 63.4 cm³/mol. The molecule has 0 heterocycles. The molecule has 1 aliphatic rings. The van der Waals surface area contributed by atoms with Crippen LogP contribution in [0.2, 0.25) is 0 Å². The van der Waals surface area contributed by atoms with Gasteiger partial charge < -0.3 is 4.74 Å². The Morgan fingerprint density at radius 3 is 3.00 bits per heavy atom. The van der Waals surface area contributed by atoms with E-state index in [1.807, 2.05) is 13.0 Å². The maximum atomic E-state index is 11.7. The average molecular weight is 230 g/mol. The van der Waals surface area contributed by atoms with Gasteiger partial charge in [0.25, 0.3) is 0 Å². The van der Waals surface area contributed by atoms with Crippen LogP contribution in [0.5, 0.6) is 0 Å². The molecular weight excluding hydrogens is 215 g/mol. The van der Waals surface area contributed by atoms with Crippen molar-refractivity contribution in [1.29, 1.82) is 0 Å². The van der Waals surface area contributed by atoms with Gasteiger partial charge in [-0.2, -0.15) is 0 Å². The van der Waals surface area contributed by atoms with Crippen molar-refractivity contribution in [2.45, 2.75) is 24.5 Å². The first kappa shape index (κ1) is 11.7. The highest BCUT2D eigenvalue weighted by Crippen LogP contribution is 2.33. The summed E-state index contributed by atoms with van der Waals surface area (Å²) in [5, 5.41) is 0. The molecule has 2 rings (SSSR count). The van der Waals surface area contributed by atoms with Crippen LogP contribution in [0, 0.1) is 5.92 Å². The molecule has 0 aromatic heterocycles. The van der Waals surface area contributed by atoms with Crippen molar-refractivity contribution in [3.8, 4) is 0 Å². The van der Waals surface area contributed by atoms with Gasteiger partial charge in [0.1, 0.15) is 16.3 Å². The van der Waals surface area contributed by atoms with Gasteiger partial charge in [0.15, 0.2) is 0 Å². The molecule has 0 fully saturated rings. The monoisotopic (exact) mass is 230 g/mol. The van der Waals surface area contributed by atoms with Crippen molar-refractivity contribution in [2.75, 3.05) is 6.61 Å². The van der Waals surface area contributed by atoms with Gasteiger partial charge in [-0.05, 0) is 25.3 Å². The summed E-state index contributed by atoms with van der Waals surface area (Å²) >= 11 is 2.83. The van der Waals surface area contributed by atoms with Crippen LogP contribution in [0.3, 0.4) is 0 Å². The molecule has 2 unspecified atom stereocenters. The molecule has 0 amide bonds. The van der Waals surface area contributed by atoms with E-state index >= 15 is 0 Å². The minimum absolute atomic E-state index is 0.0253. The molecule has 1 aromatic carbocycles. The molecule has 0 spiro atoms. The lowest BCUT2D eigenvalue weighted by Gasteiger charge is -2.28. The van der Waals surface area contributed by atoms with E-state index in [1.165, 1.54) is 11.1 Å². The topological polar surface area (TPSA) is 26.3 Å². The van der Waals surface area contributed by atoms with Crippen molar-refractivity contribution in [2.24, 2.45) is 5.92 Å². The summed E-state index contributed by atoms with van der Waals surface area (Å²) in [5.74, 6) is -0.0261. The van der Waals surface area contributed by atoms with Crippen molar-refractivity contribution >= 4 is 22.3 Å². The zero-order chi connectivity index (χ0) is 11.5. The number of esters is 1. The molecule has 0 bridgehead atoms. The quantitative estimate of drug-likeness (QED) is 0.574. The van der Waals surface area contributed by atoms with Crippen LogP contribution < -0.4 is 0 Å². The number of carbonyl (C=O) groups is 1. The van der Waals surface area contributed by atoms with E-state index in [9.17, 15) is 4.79 Å². The first-order valence-corrected chi connectivity index (χ1v) is 6.39. The molecule has 16 heavy (non-hydrogen) atoms. The first-order chi connectivity index (χ1) is 7.72. The Kier molecular flexibility index (Phi) is 3.68. The lowest BCUT2D eigenvalue weighted by atomic mass is 9.83. The van der Waals surface area contributed by atoms with E-state index in [2.05, 4.69) is 34.5 Å². The van der Waals surface area contributed by atoms with E-state index < -0.39 is 0 Å². The van der Waals surface area contributed by atoms with Crippen molar-refractivity contribution in [3.63, 3.8) is 0 Å². The second-order valence-electron chi connectivity index (χ2n) is 4.19. The Bertz CT molecular complexity index is 389. The van der Waals surface area contributed by atoms with Gasteiger partial charge in [0, 0.05) is 0 Å². The summed E-state index contributed by atoms with van der Waals surface area (Å²) in [7, 11) is 0. The number of ether oxygens (including phenoxy) is 1. The van der Waals surface area contributed by atoms with Gasteiger partial charge in [0.2, 0.25) is 0 Å². The molecule has 2 atom stereocenters. The molecular formula is C13H15AlO2. The second-order valence-corrected chi connectivity index (χ2v) is 5.00. The average Bonchev–Trinajstić information content (AvgIpc) is 2.29. The van der Waals surface area contributed by atoms with Gasteiger partial charge in [-0.25, -0.2) is 0 Å². The standard InChI is InChI=1S/C13H15O2.Al/c1-2-15-13(14)12-8-7-10-5-3-4-6-11(10)9-12;/h3-7,12H,2,8-9H2,1H3;. The van der Waals surface area contributed by atoms with Gasteiger partial charge >= 0.3 is 5.97 Å². The summed E-state index contributed by atoms with van der Waals surface area (Å²) in [6.45, 7) is 2.32. The van der Waals surface area contributed by atoms with E-state index in [0.29, 0.717) is 11.4 Å². The summed E-state index contributed by atoms with van der Waals surface area (Å²) in [4.78, 5) is 11.7. The maximum absolute atomic E-state index is 11.7. The highest BCUT2D eigenvalue weighted by Gasteiger charge is 2.28. The van der Waals surface area contributed by atoms with Gasteiger partial charge in [-0.15, -0.1) is 0 Å². The summed E-state index contributed by atoms with van der Waals surface area (Å²) in [6, 6.07) is 8.34. The molecule has 1 aliphatic carbocycles. The van der Waals surface area contributed by atoms with Crippen LogP contribution in [-0.2, 0) is 16.0 Å². The van der Waals surface area contributed by atoms with Crippen LogP contribution in [0.25, 0.3) is 0 Å². The Balaban J connectivity index is 2.18. The molecule has 0 aliphatic heterocycles. The molecule has 2 radical (unpaired) electrons. The smallest absolute Gasteiger partial charge is 0.309 e. The molecule has 0 saturated heterocycles. The second kappa shape index (κ2) is 5.04. The third-order valence-corrected chi connectivity index (χ3v) is 3.71. The fourth-order valence-electron chi connectivity index (χ4n) is 2.30. The molecule has 0 N–H and O–H groups in total. The maximum Gasteiger partial charge on any atom is 0.309 e. The van der Waals surface area contributed by atoms with E-state index in [4.69, 9.17) is 4.74 Å². The Hall–Kier alpha value is -0.778. The highest BCUT2D eigenvalue weighted by molar-refractivity contribution is 6.12. The normalized spacial score (nSPS) is 23.6. The summed E-state index contributed by atoms with van der Waals surface area (Å²) in [5.41, 5.74) is 2.64. The lowest BCUT2D eigenvalue weighted by Crippen LogP contribution is -2.27. The number of hydrogen-bond donors (Lipinski definition) is 0. The van der Waals surface area contributed by atoms with E-state index in [-0.39, 0.29) is 11.9 Å². The van der Waals surface area contributed by atoms with Crippen LogP contribution in [0.1, 0.15) is 29.3 Å². The first-order valence-electron chi connectivity index (χ1n) is 5.72. The molecule has 82 valence electrons. The van der Waals surface area contributed by atoms with Gasteiger partial charge in [-0.3, -0.25) is 4.79 Å². The zero-order valence-corrected chi connectivity index (χ0v) is 10.6. The Morgan fingerprint density at radius 1 is 1.50 bits per heavy atom. The molecule has 2 nitrogen and oxygen atoms in total. The number of benzene rings is 1. The predicted octanol–water partition coefficient (Wildman–Crippen LogP) is 2.02. The molecule has 3 heteroatoms. The third-order valence-electron chi connectivity index (χ3n) is 3.08. The lowest BCUT2D eigenvalue weighted by molar-refractivity contribution is -0.148. The molecule has 1 aromatic rings. The van der Waals surface area contributed by atoms with Crippen LogP contribution in [-0.4, -0.2) is 28.9 Å². The molecule has 0 saturated carbocycles. The van der Waals surface area contributed by atoms with Crippen molar-refractivity contribution in [1.82, 2.24) is 0 Å². The Morgan fingerprint density at radius 2 is 2.25 bits per heavy atom. The minimum atomic E-state index is -0.0514. The van der Waals surface area contributed by atoms with Crippen LogP contribution >= 0.6 is 0 Å². The van der Waals surface area contributed by atoms with Crippen molar-refractivity contribution < 1.29 is 9.53 Å². The number of rotatable bonds is 2. The fourth-order valence-corrected chi connectivity index (χ4v) is 2.96. The summed E-state index contributed by atoms with van der Waals surface area (Å²) < 4.78 is 5.47. The van der Waals surface area contributed by atoms with Gasteiger partial charge in [0.05, 0.1) is 12.5 Å². The fraction of sp³-hybridized carbons (Fsp3) is 0.462. The van der Waals surface area contributed by atoms with E-state index in [0.717, 1.165) is 12.8 Å². The van der Waals surface area contributed by atoms with Crippen molar-refractivity contribution in [3.05, 3.63) is 35.4 Å². The highest BCUT2D eigenvalue weighted by atomic mass is 27.0. The summed E-state index contributed by atoms with van der Waals surface area (Å²) in [6.07, 6.45) is 1.69. The number of fused-ring (bicyclic) bond motifs is 1. The van der Waals surface area contributed by atoms with Crippen LogP contribution in [0.4, 0.5) is 0 Å². The largest absolute Gasteiger partial charge is 0.466 e. The van der Waals surface area contributed by atoms with Crippen LogP contribution in [0.15, 0.2) is 24.3 Å². The Labute approximate surface area is 104 Å². The number of carbonyl (C=O) groups excluding carboxylic acids is 1. The SMILES string of the molecule is CCOC(=O)C1Cc2ccccc2[CH]([Al])C1. The third kappa shape index (κ3) is 2.31.